The van der Waals surface area contributed by atoms with Crippen LogP contribution in [0.5, 0.6) is 0 Å². The van der Waals surface area contributed by atoms with Gasteiger partial charge >= 0.3 is 0 Å². The summed E-state index contributed by atoms with van der Waals surface area (Å²) in [5, 5.41) is 3.80. The molecule has 1 amide bonds. The van der Waals surface area contributed by atoms with Gasteiger partial charge in [0.25, 0.3) is 5.91 Å². The van der Waals surface area contributed by atoms with Crippen molar-refractivity contribution in [2.75, 3.05) is 11.9 Å². The molecule has 2 nitrogen and oxygen atoms in total. The standard InChI is InChI=1S/C11H13BrINO/c1-8(6-12)7-14-11(15)9-2-4-10(13)5-3-9/h2-5,8H,6-7H2,1H3,(H,14,15). The summed E-state index contributed by atoms with van der Waals surface area (Å²) < 4.78 is 1.14. The summed E-state index contributed by atoms with van der Waals surface area (Å²) in [6.45, 7) is 2.79. The summed E-state index contributed by atoms with van der Waals surface area (Å²) in [5.41, 5.74) is 0.720. The molecule has 15 heavy (non-hydrogen) atoms. The molecule has 4 heteroatoms. The summed E-state index contributed by atoms with van der Waals surface area (Å²) in [5.74, 6) is 0.456. The number of rotatable bonds is 4. The average molecular weight is 382 g/mol. The van der Waals surface area contributed by atoms with Gasteiger partial charge in [-0.15, -0.1) is 0 Å². The molecule has 0 heterocycles. The van der Waals surface area contributed by atoms with Crippen molar-refractivity contribution in [2.45, 2.75) is 6.92 Å². The van der Waals surface area contributed by atoms with Crippen molar-refractivity contribution >= 4 is 44.4 Å². The third kappa shape index (κ3) is 4.51. The molecule has 1 atom stereocenters. The van der Waals surface area contributed by atoms with Crippen molar-refractivity contribution in [1.29, 1.82) is 0 Å². The minimum absolute atomic E-state index is 0.000741. The first-order valence-electron chi connectivity index (χ1n) is 4.73. The van der Waals surface area contributed by atoms with Crippen molar-refractivity contribution in [2.24, 2.45) is 5.92 Å². The molecule has 0 saturated heterocycles. The molecular weight excluding hydrogens is 369 g/mol. The maximum absolute atomic E-state index is 11.6. The number of hydrogen-bond acceptors (Lipinski definition) is 1. The van der Waals surface area contributed by atoms with Gasteiger partial charge in [-0.3, -0.25) is 4.79 Å². The van der Waals surface area contributed by atoms with E-state index in [1.807, 2.05) is 24.3 Å². The lowest BCUT2D eigenvalue weighted by molar-refractivity contribution is 0.0949. The van der Waals surface area contributed by atoms with Crippen molar-refractivity contribution in [1.82, 2.24) is 5.32 Å². The van der Waals surface area contributed by atoms with E-state index in [2.05, 4.69) is 50.8 Å². The molecule has 0 saturated carbocycles. The van der Waals surface area contributed by atoms with E-state index >= 15 is 0 Å². The van der Waals surface area contributed by atoms with Crippen molar-refractivity contribution in [3.63, 3.8) is 0 Å². The van der Waals surface area contributed by atoms with Crippen LogP contribution in [0.1, 0.15) is 17.3 Å². The number of benzene rings is 1. The molecule has 0 spiro atoms. The highest BCUT2D eigenvalue weighted by Crippen LogP contribution is 2.07. The monoisotopic (exact) mass is 381 g/mol. The SMILES string of the molecule is CC(CBr)CNC(=O)c1ccc(I)cc1. The maximum atomic E-state index is 11.6. The van der Waals surface area contributed by atoms with Crippen LogP contribution in [0.15, 0.2) is 24.3 Å². The predicted molar refractivity (Wildman–Crippen MR) is 74.5 cm³/mol. The number of nitrogens with one attached hydrogen (secondary N) is 1. The minimum atomic E-state index is -0.000741. The van der Waals surface area contributed by atoms with Crippen LogP contribution < -0.4 is 5.32 Å². The Kier molecular flexibility index (Phi) is 5.60. The zero-order chi connectivity index (χ0) is 11.3. The quantitative estimate of drug-likeness (QED) is 0.630. The van der Waals surface area contributed by atoms with E-state index in [0.717, 1.165) is 14.5 Å². The molecule has 1 rings (SSSR count). The first kappa shape index (κ1) is 13.0. The van der Waals surface area contributed by atoms with Crippen LogP contribution in [0.2, 0.25) is 0 Å². The van der Waals surface area contributed by atoms with E-state index in [4.69, 9.17) is 0 Å². The highest BCUT2D eigenvalue weighted by Gasteiger charge is 2.06. The fraction of sp³-hybridized carbons (Fsp3) is 0.364. The van der Waals surface area contributed by atoms with Crippen LogP contribution in [0.4, 0.5) is 0 Å². The second-order valence-electron chi connectivity index (χ2n) is 3.48. The first-order valence-corrected chi connectivity index (χ1v) is 6.93. The zero-order valence-electron chi connectivity index (χ0n) is 8.47. The highest BCUT2D eigenvalue weighted by molar-refractivity contribution is 14.1. The van der Waals surface area contributed by atoms with Gasteiger partial charge in [0, 0.05) is 21.0 Å². The molecule has 0 aliphatic carbocycles. The van der Waals surface area contributed by atoms with Crippen LogP contribution >= 0.6 is 38.5 Å². The van der Waals surface area contributed by atoms with E-state index in [-0.39, 0.29) is 5.91 Å². The topological polar surface area (TPSA) is 29.1 Å². The van der Waals surface area contributed by atoms with Gasteiger partial charge in [-0.05, 0) is 52.8 Å². The van der Waals surface area contributed by atoms with Crippen molar-refractivity contribution < 1.29 is 4.79 Å². The number of halogens is 2. The fourth-order valence-corrected chi connectivity index (χ4v) is 1.61. The fourth-order valence-electron chi connectivity index (χ4n) is 1.02. The lowest BCUT2D eigenvalue weighted by Crippen LogP contribution is -2.28. The van der Waals surface area contributed by atoms with Gasteiger partial charge in [-0.2, -0.15) is 0 Å². The summed E-state index contributed by atoms with van der Waals surface area (Å²) in [4.78, 5) is 11.6. The Labute approximate surface area is 112 Å². The number of alkyl halides is 1. The van der Waals surface area contributed by atoms with E-state index < -0.39 is 0 Å². The molecule has 1 unspecified atom stereocenters. The molecule has 0 aromatic heterocycles. The summed E-state index contributed by atoms with van der Waals surface area (Å²) in [6, 6.07) is 7.55. The Hall–Kier alpha value is -0.100. The maximum Gasteiger partial charge on any atom is 0.251 e. The Morgan fingerprint density at radius 3 is 2.60 bits per heavy atom. The third-order valence-corrected chi connectivity index (χ3v) is 3.81. The molecular formula is C11H13BrINO. The molecule has 0 aliphatic heterocycles. The van der Waals surface area contributed by atoms with Gasteiger partial charge in [-0.1, -0.05) is 22.9 Å². The molecule has 0 bridgehead atoms. The molecule has 0 aliphatic rings. The summed E-state index contributed by atoms with van der Waals surface area (Å²) in [7, 11) is 0. The normalized spacial score (nSPS) is 12.2. The Balaban J connectivity index is 2.50. The molecule has 82 valence electrons. The first-order chi connectivity index (χ1) is 7.13. The third-order valence-electron chi connectivity index (χ3n) is 1.98. The smallest absolute Gasteiger partial charge is 0.251 e. The Morgan fingerprint density at radius 1 is 1.47 bits per heavy atom. The zero-order valence-corrected chi connectivity index (χ0v) is 12.2. The molecule has 1 N–H and O–H groups in total. The average Bonchev–Trinajstić information content (AvgIpc) is 2.26. The summed E-state index contributed by atoms with van der Waals surface area (Å²) in [6.07, 6.45) is 0. The number of carbonyl (C=O) groups excluding carboxylic acids is 1. The van der Waals surface area contributed by atoms with Crippen LogP contribution in [0.3, 0.4) is 0 Å². The summed E-state index contributed by atoms with van der Waals surface area (Å²) >= 11 is 5.60. The van der Waals surface area contributed by atoms with Gasteiger partial charge in [0.15, 0.2) is 0 Å². The Bertz CT molecular complexity index is 326. The second-order valence-corrected chi connectivity index (χ2v) is 5.37. The molecule has 0 radical (unpaired) electrons. The number of hydrogen-bond donors (Lipinski definition) is 1. The van der Waals surface area contributed by atoms with Gasteiger partial charge in [0.1, 0.15) is 0 Å². The van der Waals surface area contributed by atoms with Crippen molar-refractivity contribution in [3.8, 4) is 0 Å². The van der Waals surface area contributed by atoms with E-state index in [1.54, 1.807) is 0 Å². The van der Waals surface area contributed by atoms with Gasteiger partial charge in [-0.25, -0.2) is 0 Å². The van der Waals surface area contributed by atoms with Crippen LogP contribution in [0.25, 0.3) is 0 Å². The van der Waals surface area contributed by atoms with Crippen LogP contribution in [-0.4, -0.2) is 17.8 Å². The van der Waals surface area contributed by atoms with Crippen LogP contribution in [-0.2, 0) is 0 Å². The number of carbonyl (C=O) groups is 1. The minimum Gasteiger partial charge on any atom is -0.352 e. The predicted octanol–water partition coefficient (Wildman–Crippen LogP) is 3.05. The van der Waals surface area contributed by atoms with E-state index in [0.29, 0.717) is 12.5 Å². The van der Waals surface area contributed by atoms with Gasteiger partial charge in [0.2, 0.25) is 0 Å². The largest absolute Gasteiger partial charge is 0.352 e. The van der Waals surface area contributed by atoms with Crippen molar-refractivity contribution in [3.05, 3.63) is 33.4 Å². The van der Waals surface area contributed by atoms with Gasteiger partial charge in [0.05, 0.1) is 0 Å². The molecule has 0 fully saturated rings. The van der Waals surface area contributed by atoms with E-state index in [9.17, 15) is 4.79 Å². The highest BCUT2D eigenvalue weighted by atomic mass is 127. The molecule has 1 aromatic carbocycles. The van der Waals surface area contributed by atoms with Crippen LogP contribution in [0, 0.1) is 9.49 Å². The molecule has 1 aromatic rings. The Morgan fingerprint density at radius 2 is 2.07 bits per heavy atom. The van der Waals surface area contributed by atoms with E-state index in [1.165, 1.54) is 0 Å². The lowest BCUT2D eigenvalue weighted by atomic mass is 10.2. The number of amides is 1. The second kappa shape index (κ2) is 6.48. The lowest BCUT2D eigenvalue weighted by Gasteiger charge is -2.09. The van der Waals surface area contributed by atoms with Gasteiger partial charge < -0.3 is 5.32 Å².